The smallest absolute Gasteiger partial charge is 0.0875 e. The summed E-state index contributed by atoms with van der Waals surface area (Å²) in [5.41, 5.74) is 0.703. The Morgan fingerprint density at radius 1 is 1.24 bits per heavy atom. The van der Waals surface area contributed by atoms with E-state index in [9.17, 15) is 10.2 Å². The molecule has 0 aromatic rings. The van der Waals surface area contributed by atoms with Crippen LogP contribution in [0.4, 0.5) is 0 Å². The van der Waals surface area contributed by atoms with Gasteiger partial charge >= 0.3 is 0 Å². The van der Waals surface area contributed by atoms with E-state index in [1.807, 2.05) is 41.5 Å². The molecule has 0 aromatic heterocycles. The molecule has 150 valence electrons. The maximum Gasteiger partial charge on any atom is 0.0875 e. The van der Waals surface area contributed by atoms with Gasteiger partial charge in [-0.1, -0.05) is 54.5 Å². The van der Waals surface area contributed by atoms with E-state index in [0.29, 0.717) is 25.4 Å². The number of ether oxygens (including phenoxy) is 1. The molecule has 2 aliphatic carbocycles. The van der Waals surface area contributed by atoms with Crippen molar-refractivity contribution in [1.29, 1.82) is 0 Å². The summed E-state index contributed by atoms with van der Waals surface area (Å²) in [5.74, 6) is 0.350. The molecule has 1 saturated carbocycles. The van der Waals surface area contributed by atoms with E-state index in [1.54, 1.807) is 0 Å². The van der Waals surface area contributed by atoms with E-state index in [1.165, 1.54) is 5.57 Å². The summed E-state index contributed by atoms with van der Waals surface area (Å²) >= 11 is 0. The molecule has 0 aliphatic heterocycles. The Balaban J connectivity index is 0.00000134. The molecule has 0 saturated heterocycles. The van der Waals surface area contributed by atoms with Gasteiger partial charge in [-0.2, -0.15) is 0 Å². The lowest BCUT2D eigenvalue weighted by Crippen LogP contribution is -2.41. The fourth-order valence-corrected chi connectivity index (χ4v) is 4.21. The number of aliphatic hydroxyl groups is 2. The standard InChI is InChI=1S/C18H32O3.2C2H6/c1-5-18(20,6-2)12-21-13(3)14-9-10-15-16(19)8-7-11-17(14,15)4;2*1-2/h9,13,15-16,19-20H,5-8,10-12H2,1-4H3;2*1-2H3/t13-,15?,16?,17?;;/m0../s1. The second kappa shape index (κ2) is 11.4. The molecule has 0 heterocycles. The quantitative estimate of drug-likeness (QED) is 0.618. The Morgan fingerprint density at radius 3 is 2.32 bits per heavy atom. The topological polar surface area (TPSA) is 49.7 Å². The first-order chi connectivity index (χ1) is 11.9. The summed E-state index contributed by atoms with van der Waals surface area (Å²) < 4.78 is 6.02. The molecule has 3 heteroatoms. The molecule has 0 amide bonds. The van der Waals surface area contributed by atoms with Crippen LogP contribution < -0.4 is 0 Å². The van der Waals surface area contributed by atoms with Crippen molar-refractivity contribution in [3.8, 4) is 0 Å². The minimum absolute atomic E-state index is 0.0231. The maximum absolute atomic E-state index is 10.4. The summed E-state index contributed by atoms with van der Waals surface area (Å²) in [6.07, 6.45) is 7.69. The Kier molecular flexibility index (Phi) is 11.2. The number of hydrogen-bond donors (Lipinski definition) is 2. The molecule has 1 fully saturated rings. The average Bonchev–Trinajstić information content (AvgIpc) is 3.01. The Labute approximate surface area is 156 Å². The highest BCUT2D eigenvalue weighted by Crippen LogP contribution is 2.53. The highest BCUT2D eigenvalue weighted by atomic mass is 16.5. The zero-order valence-corrected chi connectivity index (χ0v) is 18.1. The van der Waals surface area contributed by atoms with Crippen LogP contribution in [0.3, 0.4) is 0 Å². The van der Waals surface area contributed by atoms with Gasteiger partial charge in [0.15, 0.2) is 0 Å². The van der Waals surface area contributed by atoms with E-state index in [2.05, 4.69) is 19.9 Å². The second-order valence-corrected chi connectivity index (χ2v) is 7.26. The van der Waals surface area contributed by atoms with E-state index < -0.39 is 5.60 Å². The van der Waals surface area contributed by atoms with Crippen molar-refractivity contribution >= 4 is 0 Å². The molecule has 0 spiro atoms. The molecule has 4 atom stereocenters. The van der Waals surface area contributed by atoms with Crippen molar-refractivity contribution in [3.05, 3.63) is 11.6 Å². The first-order valence-corrected chi connectivity index (χ1v) is 10.6. The monoisotopic (exact) mass is 356 g/mol. The van der Waals surface area contributed by atoms with Crippen LogP contribution in [0.2, 0.25) is 0 Å². The van der Waals surface area contributed by atoms with Crippen molar-refractivity contribution in [2.45, 2.75) is 112 Å². The molecule has 0 bridgehead atoms. The van der Waals surface area contributed by atoms with Gasteiger partial charge in [0.1, 0.15) is 0 Å². The number of rotatable bonds is 6. The van der Waals surface area contributed by atoms with Crippen molar-refractivity contribution < 1.29 is 14.9 Å². The molecule has 2 rings (SSSR count). The Hall–Kier alpha value is -0.380. The van der Waals surface area contributed by atoms with Crippen LogP contribution in [-0.4, -0.2) is 34.6 Å². The largest absolute Gasteiger partial charge is 0.393 e. The van der Waals surface area contributed by atoms with E-state index >= 15 is 0 Å². The van der Waals surface area contributed by atoms with Crippen molar-refractivity contribution in [3.63, 3.8) is 0 Å². The second-order valence-electron chi connectivity index (χ2n) is 7.26. The van der Waals surface area contributed by atoms with Gasteiger partial charge in [-0.3, -0.25) is 0 Å². The summed E-state index contributed by atoms with van der Waals surface area (Å²) in [6, 6.07) is 0. The molecule has 3 unspecified atom stereocenters. The molecule has 25 heavy (non-hydrogen) atoms. The summed E-state index contributed by atoms with van der Waals surface area (Å²) in [6.45, 7) is 16.8. The van der Waals surface area contributed by atoms with Crippen LogP contribution in [0.25, 0.3) is 0 Å². The number of hydrogen-bond acceptors (Lipinski definition) is 3. The third-order valence-corrected chi connectivity index (χ3v) is 6.09. The lowest BCUT2D eigenvalue weighted by Gasteiger charge is -2.43. The number of aliphatic hydroxyl groups excluding tert-OH is 1. The van der Waals surface area contributed by atoms with Crippen LogP contribution >= 0.6 is 0 Å². The van der Waals surface area contributed by atoms with Crippen LogP contribution in [0.15, 0.2) is 11.6 Å². The number of allylic oxidation sites excluding steroid dienone is 1. The molecule has 3 nitrogen and oxygen atoms in total. The molecule has 0 radical (unpaired) electrons. The van der Waals surface area contributed by atoms with Gasteiger partial charge in [0, 0.05) is 0 Å². The first kappa shape index (κ1) is 24.6. The van der Waals surface area contributed by atoms with Gasteiger partial charge in [0.05, 0.1) is 24.4 Å². The molecular weight excluding hydrogens is 312 g/mol. The normalized spacial score (nSPS) is 29.4. The molecule has 0 aromatic carbocycles. The van der Waals surface area contributed by atoms with Crippen molar-refractivity contribution in [2.24, 2.45) is 11.3 Å². The summed E-state index contributed by atoms with van der Waals surface area (Å²) in [7, 11) is 0. The summed E-state index contributed by atoms with van der Waals surface area (Å²) in [4.78, 5) is 0. The minimum Gasteiger partial charge on any atom is -0.393 e. The van der Waals surface area contributed by atoms with Crippen LogP contribution in [0.1, 0.15) is 93.9 Å². The van der Waals surface area contributed by atoms with Crippen LogP contribution in [-0.2, 0) is 4.74 Å². The van der Waals surface area contributed by atoms with Crippen molar-refractivity contribution in [1.82, 2.24) is 0 Å². The van der Waals surface area contributed by atoms with Crippen LogP contribution in [0, 0.1) is 11.3 Å². The Bertz CT molecular complexity index is 387. The average molecular weight is 357 g/mol. The highest BCUT2D eigenvalue weighted by molar-refractivity contribution is 5.27. The van der Waals surface area contributed by atoms with Gasteiger partial charge < -0.3 is 14.9 Å². The summed E-state index contributed by atoms with van der Waals surface area (Å²) in [5, 5.41) is 20.6. The van der Waals surface area contributed by atoms with E-state index in [-0.39, 0.29) is 17.6 Å². The lowest BCUT2D eigenvalue weighted by atomic mass is 9.64. The zero-order valence-electron chi connectivity index (χ0n) is 18.1. The van der Waals surface area contributed by atoms with Gasteiger partial charge in [-0.15, -0.1) is 0 Å². The first-order valence-electron chi connectivity index (χ1n) is 10.6. The molecular formula is C22H44O3. The lowest BCUT2D eigenvalue weighted by molar-refractivity contribution is -0.0723. The molecule has 2 aliphatic rings. The SMILES string of the molecule is CC.CC.CCC(O)(CC)CO[C@@H](C)C1=CCC2C(O)CCCC12C. The van der Waals surface area contributed by atoms with Gasteiger partial charge in [-0.05, 0) is 62.4 Å². The fourth-order valence-electron chi connectivity index (χ4n) is 4.21. The third-order valence-electron chi connectivity index (χ3n) is 6.09. The van der Waals surface area contributed by atoms with Crippen LogP contribution in [0.5, 0.6) is 0 Å². The highest BCUT2D eigenvalue weighted by Gasteiger charge is 2.48. The fraction of sp³-hybridized carbons (Fsp3) is 0.909. The zero-order chi connectivity index (χ0) is 19.7. The van der Waals surface area contributed by atoms with E-state index in [4.69, 9.17) is 4.74 Å². The predicted molar refractivity (Wildman–Crippen MR) is 108 cm³/mol. The third kappa shape index (κ3) is 5.80. The number of fused-ring (bicyclic) bond motifs is 1. The van der Waals surface area contributed by atoms with Gasteiger partial charge in [-0.25, -0.2) is 0 Å². The maximum atomic E-state index is 10.4. The van der Waals surface area contributed by atoms with E-state index in [0.717, 1.165) is 25.7 Å². The molecule has 2 N–H and O–H groups in total. The predicted octanol–water partition coefficient (Wildman–Crippen LogP) is 5.49. The van der Waals surface area contributed by atoms with Gasteiger partial charge in [0.2, 0.25) is 0 Å². The Morgan fingerprint density at radius 2 is 1.80 bits per heavy atom. The van der Waals surface area contributed by atoms with Crippen molar-refractivity contribution in [2.75, 3.05) is 6.61 Å². The van der Waals surface area contributed by atoms with Gasteiger partial charge in [0.25, 0.3) is 0 Å². The minimum atomic E-state index is -0.709.